The van der Waals surface area contributed by atoms with Gasteiger partial charge >= 0.3 is 0 Å². The molecule has 2 unspecified atom stereocenters. The molecule has 2 saturated heterocycles. The summed E-state index contributed by atoms with van der Waals surface area (Å²) in [5, 5.41) is 6.76. The molecule has 0 aliphatic carbocycles. The van der Waals surface area contributed by atoms with Crippen molar-refractivity contribution < 1.29 is 9.53 Å². The molecule has 2 fully saturated rings. The van der Waals surface area contributed by atoms with Crippen molar-refractivity contribution in [1.82, 2.24) is 10.6 Å². The number of aryl methyl sites for hydroxylation is 1. The van der Waals surface area contributed by atoms with Crippen molar-refractivity contribution in [2.24, 2.45) is 0 Å². The predicted molar refractivity (Wildman–Crippen MR) is 83.3 cm³/mol. The molecule has 112 valence electrons. The van der Waals surface area contributed by atoms with Gasteiger partial charge in [0, 0.05) is 23.0 Å². The maximum atomic E-state index is 12.3. The lowest BCUT2D eigenvalue weighted by atomic mass is 10.00. The van der Waals surface area contributed by atoms with Crippen LogP contribution < -0.4 is 15.4 Å². The number of fused-ring (bicyclic) bond motifs is 2. The van der Waals surface area contributed by atoms with Crippen molar-refractivity contribution >= 4 is 29.7 Å². The average Bonchev–Trinajstić information content (AvgIpc) is 2.92. The summed E-state index contributed by atoms with van der Waals surface area (Å²) in [4.78, 5) is 14.1. The van der Waals surface area contributed by atoms with E-state index in [1.165, 1.54) is 24.2 Å². The monoisotopic (exact) mass is 316 g/mol. The average molecular weight is 317 g/mol. The summed E-state index contributed by atoms with van der Waals surface area (Å²) >= 11 is 1.50. The van der Waals surface area contributed by atoms with Crippen molar-refractivity contribution in [3.05, 3.63) is 15.8 Å². The van der Waals surface area contributed by atoms with Crippen molar-refractivity contribution in [3.8, 4) is 5.75 Å². The summed E-state index contributed by atoms with van der Waals surface area (Å²) in [5.41, 5.74) is 0. The van der Waals surface area contributed by atoms with Crippen LogP contribution in [0.5, 0.6) is 5.75 Å². The second-order valence-corrected chi connectivity index (χ2v) is 6.79. The molecule has 0 aromatic carbocycles. The molecular formula is C14H21ClN2O2S. The third kappa shape index (κ3) is 3.10. The van der Waals surface area contributed by atoms with Gasteiger partial charge in [-0.15, -0.1) is 23.7 Å². The van der Waals surface area contributed by atoms with Gasteiger partial charge < -0.3 is 15.4 Å². The quantitative estimate of drug-likeness (QED) is 0.901. The van der Waals surface area contributed by atoms with E-state index in [1.54, 1.807) is 7.11 Å². The number of ether oxygens (including phenoxy) is 1. The zero-order chi connectivity index (χ0) is 13.4. The van der Waals surface area contributed by atoms with Gasteiger partial charge in [0.2, 0.25) is 0 Å². The largest absolute Gasteiger partial charge is 0.495 e. The predicted octanol–water partition coefficient (Wildman–Crippen LogP) is 2.50. The number of thiophene rings is 1. The van der Waals surface area contributed by atoms with Gasteiger partial charge in [0.25, 0.3) is 5.91 Å². The molecule has 2 aliphatic heterocycles. The van der Waals surface area contributed by atoms with Crippen molar-refractivity contribution in [2.45, 2.75) is 50.7 Å². The molecule has 1 aromatic rings. The standard InChI is InChI=1S/C14H20N2O2S.ClH/c1-8-5-12(18-2)13(19-8)14(17)16-11-6-9-3-4-10(7-11)15-9;/h5,9-11,15H,3-4,6-7H2,1-2H3,(H,16,17);1H. The zero-order valence-corrected chi connectivity index (χ0v) is 13.4. The molecular weight excluding hydrogens is 296 g/mol. The van der Waals surface area contributed by atoms with Gasteiger partial charge in [-0.3, -0.25) is 4.79 Å². The fourth-order valence-corrected chi connectivity index (χ4v) is 4.11. The van der Waals surface area contributed by atoms with Crippen molar-refractivity contribution in [3.63, 3.8) is 0 Å². The van der Waals surface area contributed by atoms with E-state index in [0.717, 1.165) is 17.7 Å². The SMILES string of the molecule is COc1cc(C)sc1C(=O)NC1CC2CCC(C1)N2.Cl. The Balaban J connectivity index is 0.00000147. The van der Waals surface area contributed by atoms with Gasteiger partial charge in [0.15, 0.2) is 0 Å². The zero-order valence-electron chi connectivity index (χ0n) is 11.8. The first-order valence-electron chi connectivity index (χ1n) is 6.87. The topological polar surface area (TPSA) is 50.4 Å². The Kier molecular flexibility index (Phi) is 4.94. The molecule has 3 rings (SSSR count). The molecule has 1 aromatic heterocycles. The number of hydrogen-bond acceptors (Lipinski definition) is 4. The number of piperidine rings is 1. The molecule has 20 heavy (non-hydrogen) atoms. The van der Waals surface area contributed by atoms with Crippen molar-refractivity contribution in [2.75, 3.05) is 7.11 Å². The van der Waals surface area contributed by atoms with Crippen LogP contribution in [-0.2, 0) is 0 Å². The molecule has 3 heterocycles. The summed E-state index contributed by atoms with van der Waals surface area (Å²) in [7, 11) is 1.61. The molecule has 0 spiro atoms. The van der Waals surface area contributed by atoms with Crippen LogP contribution in [0.3, 0.4) is 0 Å². The van der Waals surface area contributed by atoms with Gasteiger partial charge in [0.1, 0.15) is 10.6 Å². The second-order valence-electron chi connectivity index (χ2n) is 5.53. The van der Waals surface area contributed by atoms with Crippen LogP contribution in [0.4, 0.5) is 0 Å². The molecule has 0 radical (unpaired) electrons. The number of carbonyl (C=O) groups is 1. The van der Waals surface area contributed by atoms with E-state index in [0.29, 0.717) is 28.8 Å². The van der Waals surface area contributed by atoms with Gasteiger partial charge in [-0.25, -0.2) is 0 Å². The summed E-state index contributed by atoms with van der Waals surface area (Å²) in [5.74, 6) is 0.707. The Morgan fingerprint density at radius 3 is 2.65 bits per heavy atom. The normalized spacial score (nSPS) is 27.8. The highest BCUT2D eigenvalue weighted by atomic mass is 35.5. The first kappa shape index (κ1) is 15.6. The van der Waals surface area contributed by atoms with Gasteiger partial charge in [-0.1, -0.05) is 0 Å². The third-order valence-corrected chi connectivity index (χ3v) is 5.09. The number of hydrogen-bond donors (Lipinski definition) is 2. The van der Waals surface area contributed by atoms with E-state index >= 15 is 0 Å². The Morgan fingerprint density at radius 1 is 1.40 bits per heavy atom. The Morgan fingerprint density at radius 2 is 2.05 bits per heavy atom. The Hall–Kier alpha value is -0.780. The van der Waals surface area contributed by atoms with Crippen LogP contribution in [0.2, 0.25) is 0 Å². The summed E-state index contributed by atoms with van der Waals surface area (Å²) in [6.07, 6.45) is 4.60. The van der Waals surface area contributed by atoms with Gasteiger partial charge in [-0.05, 0) is 38.7 Å². The maximum Gasteiger partial charge on any atom is 0.265 e. The molecule has 0 saturated carbocycles. The molecule has 2 bridgehead atoms. The molecule has 2 N–H and O–H groups in total. The van der Waals surface area contributed by atoms with E-state index in [2.05, 4.69) is 10.6 Å². The fraction of sp³-hybridized carbons (Fsp3) is 0.643. The van der Waals surface area contributed by atoms with E-state index in [1.807, 2.05) is 13.0 Å². The molecule has 4 nitrogen and oxygen atoms in total. The van der Waals surface area contributed by atoms with Crippen LogP contribution in [0.1, 0.15) is 40.2 Å². The first-order chi connectivity index (χ1) is 9.15. The van der Waals surface area contributed by atoms with E-state index in [4.69, 9.17) is 4.74 Å². The number of rotatable bonds is 3. The Bertz CT molecular complexity index is 480. The maximum absolute atomic E-state index is 12.3. The Labute approximate surface area is 129 Å². The lowest BCUT2D eigenvalue weighted by molar-refractivity contribution is 0.0925. The van der Waals surface area contributed by atoms with E-state index < -0.39 is 0 Å². The summed E-state index contributed by atoms with van der Waals surface area (Å²) in [6.45, 7) is 1.99. The highest BCUT2D eigenvalue weighted by Crippen LogP contribution is 2.30. The highest BCUT2D eigenvalue weighted by Gasteiger charge is 2.34. The van der Waals surface area contributed by atoms with Crippen LogP contribution in [0.15, 0.2) is 6.07 Å². The van der Waals surface area contributed by atoms with E-state index in [-0.39, 0.29) is 18.3 Å². The summed E-state index contributed by atoms with van der Waals surface area (Å²) in [6, 6.07) is 3.41. The molecule has 6 heteroatoms. The molecule has 2 aliphatic rings. The summed E-state index contributed by atoms with van der Waals surface area (Å²) < 4.78 is 5.27. The van der Waals surface area contributed by atoms with Gasteiger partial charge in [0.05, 0.1) is 7.11 Å². The second kappa shape index (κ2) is 6.33. The van der Waals surface area contributed by atoms with Gasteiger partial charge in [-0.2, -0.15) is 0 Å². The van der Waals surface area contributed by atoms with E-state index in [9.17, 15) is 4.79 Å². The lowest BCUT2D eigenvalue weighted by Gasteiger charge is -2.29. The highest BCUT2D eigenvalue weighted by molar-refractivity contribution is 7.14. The number of halogens is 1. The lowest BCUT2D eigenvalue weighted by Crippen LogP contribution is -2.47. The molecule has 2 atom stereocenters. The first-order valence-corrected chi connectivity index (χ1v) is 7.68. The van der Waals surface area contributed by atoms with Crippen LogP contribution in [0, 0.1) is 6.92 Å². The number of methoxy groups -OCH3 is 1. The minimum Gasteiger partial charge on any atom is -0.495 e. The van der Waals surface area contributed by atoms with Crippen LogP contribution in [0.25, 0.3) is 0 Å². The third-order valence-electron chi connectivity index (χ3n) is 4.06. The van der Waals surface area contributed by atoms with Crippen molar-refractivity contribution in [1.29, 1.82) is 0 Å². The minimum absolute atomic E-state index is 0. The van der Waals surface area contributed by atoms with Crippen LogP contribution in [-0.4, -0.2) is 31.1 Å². The fourth-order valence-electron chi connectivity index (χ4n) is 3.23. The number of carbonyl (C=O) groups excluding carboxylic acids is 1. The van der Waals surface area contributed by atoms with Crippen LogP contribution >= 0.6 is 23.7 Å². The minimum atomic E-state index is 0. The number of amides is 1. The molecule has 1 amide bonds. The number of nitrogens with one attached hydrogen (secondary N) is 2. The smallest absolute Gasteiger partial charge is 0.265 e.